The van der Waals surface area contributed by atoms with Crippen LogP contribution in [0.4, 0.5) is 4.39 Å². The van der Waals surface area contributed by atoms with Gasteiger partial charge in [0, 0.05) is 36.8 Å². The number of allylic oxidation sites excluding steroid dienone is 1. The number of aryl methyl sites for hydroxylation is 1. The molecule has 0 radical (unpaired) electrons. The normalized spacial score (nSPS) is 16.3. The van der Waals surface area contributed by atoms with Crippen molar-refractivity contribution >= 4 is 16.6 Å². The van der Waals surface area contributed by atoms with Gasteiger partial charge in [-0.25, -0.2) is 4.39 Å². The minimum atomic E-state index is -0.781. The van der Waals surface area contributed by atoms with E-state index in [1.165, 1.54) is 6.07 Å². The van der Waals surface area contributed by atoms with Gasteiger partial charge in [0.25, 0.3) is 0 Å². The zero-order valence-electron chi connectivity index (χ0n) is 9.97. The Labute approximate surface area is 104 Å². The zero-order chi connectivity index (χ0) is 12.7. The van der Waals surface area contributed by atoms with Crippen LogP contribution in [-0.4, -0.2) is 15.4 Å². The van der Waals surface area contributed by atoms with Crippen LogP contribution in [0, 0.1) is 5.82 Å². The van der Waals surface area contributed by atoms with Gasteiger partial charge in [-0.3, -0.25) is 4.99 Å². The molecule has 2 aromatic rings. The number of halogens is 1. The molecule has 1 unspecified atom stereocenters. The highest BCUT2D eigenvalue weighted by Crippen LogP contribution is 2.29. The molecule has 0 bridgehead atoms. The van der Waals surface area contributed by atoms with Gasteiger partial charge >= 0.3 is 0 Å². The van der Waals surface area contributed by atoms with E-state index in [9.17, 15) is 9.50 Å². The van der Waals surface area contributed by atoms with Crippen LogP contribution < -0.4 is 0 Å². The number of aliphatic hydroxyl groups is 1. The first-order chi connectivity index (χ1) is 8.68. The first kappa shape index (κ1) is 11.2. The average Bonchev–Trinajstić information content (AvgIpc) is 3.00. The summed E-state index contributed by atoms with van der Waals surface area (Å²) < 4.78 is 15.5. The van der Waals surface area contributed by atoms with Crippen LogP contribution in [0.3, 0.4) is 0 Å². The summed E-state index contributed by atoms with van der Waals surface area (Å²) in [4.78, 5) is 4.14. The van der Waals surface area contributed by atoms with Gasteiger partial charge in [-0.2, -0.15) is 0 Å². The first-order valence-electron chi connectivity index (χ1n) is 5.81. The molecule has 2 heterocycles. The minimum Gasteiger partial charge on any atom is -0.382 e. The van der Waals surface area contributed by atoms with Gasteiger partial charge in [-0.05, 0) is 12.1 Å². The fraction of sp³-hybridized carbons (Fsp3) is 0.214. The lowest BCUT2D eigenvalue weighted by molar-refractivity contribution is 0.247. The van der Waals surface area contributed by atoms with E-state index in [0.717, 1.165) is 5.52 Å². The van der Waals surface area contributed by atoms with E-state index in [1.54, 1.807) is 24.5 Å². The summed E-state index contributed by atoms with van der Waals surface area (Å²) in [5.74, 6) is -0.270. The van der Waals surface area contributed by atoms with E-state index >= 15 is 0 Å². The summed E-state index contributed by atoms with van der Waals surface area (Å²) >= 11 is 0. The number of rotatable bonds is 2. The Bertz CT molecular complexity index is 670. The Balaban J connectivity index is 2.17. The minimum absolute atomic E-state index is 0.270. The molecule has 0 amide bonds. The average molecular weight is 244 g/mol. The predicted molar refractivity (Wildman–Crippen MR) is 69.0 cm³/mol. The van der Waals surface area contributed by atoms with E-state index in [2.05, 4.69) is 4.99 Å². The Kier molecular flexibility index (Phi) is 2.52. The quantitative estimate of drug-likeness (QED) is 0.866. The van der Waals surface area contributed by atoms with Gasteiger partial charge in [0.05, 0.1) is 11.2 Å². The molecular formula is C14H13FN2O. The molecule has 92 valence electrons. The van der Waals surface area contributed by atoms with Crippen LogP contribution in [0.25, 0.3) is 10.9 Å². The third-order valence-corrected chi connectivity index (χ3v) is 3.30. The molecule has 1 aromatic carbocycles. The van der Waals surface area contributed by atoms with Gasteiger partial charge in [-0.1, -0.05) is 12.1 Å². The largest absolute Gasteiger partial charge is 0.382 e. The Morgan fingerprint density at radius 2 is 2.22 bits per heavy atom. The summed E-state index contributed by atoms with van der Waals surface area (Å²) in [5, 5.41) is 10.9. The van der Waals surface area contributed by atoms with Crippen molar-refractivity contribution in [1.29, 1.82) is 0 Å². The second kappa shape index (κ2) is 4.07. The smallest absolute Gasteiger partial charge is 0.132 e. The number of aliphatic imine (C=N–C) groups is 1. The molecule has 0 spiro atoms. The Hall–Kier alpha value is -1.94. The van der Waals surface area contributed by atoms with Crippen molar-refractivity contribution in [2.75, 3.05) is 0 Å². The molecule has 1 aliphatic rings. The highest BCUT2D eigenvalue weighted by Gasteiger charge is 2.20. The first-order valence-corrected chi connectivity index (χ1v) is 5.81. The van der Waals surface area contributed by atoms with Crippen molar-refractivity contribution in [3.63, 3.8) is 0 Å². The summed E-state index contributed by atoms with van der Waals surface area (Å²) in [6, 6.07) is 4.74. The topological polar surface area (TPSA) is 37.5 Å². The number of aromatic nitrogens is 1. The standard InChI is InChI=1S/C14H13FN2O/c1-17-8-6-9-11(15)5-4-10(13(9)17)14(18)12-3-2-7-16-12/h2,4-8,14,18H,3H2,1H3. The van der Waals surface area contributed by atoms with Crippen LogP contribution >= 0.6 is 0 Å². The summed E-state index contributed by atoms with van der Waals surface area (Å²) in [5.41, 5.74) is 2.11. The van der Waals surface area contributed by atoms with Gasteiger partial charge in [-0.15, -0.1) is 0 Å². The maximum absolute atomic E-state index is 13.7. The molecule has 1 aliphatic heterocycles. The van der Waals surface area contributed by atoms with Gasteiger partial charge in [0.2, 0.25) is 0 Å². The molecule has 0 aliphatic carbocycles. The van der Waals surface area contributed by atoms with Crippen LogP contribution in [0.1, 0.15) is 18.1 Å². The van der Waals surface area contributed by atoms with Crippen LogP contribution in [-0.2, 0) is 7.05 Å². The van der Waals surface area contributed by atoms with E-state index < -0.39 is 6.10 Å². The lowest BCUT2D eigenvalue weighted by atomic mass is 10.0. The van der Waals surface area contributed by atoms with E-state index in [4.69, 9.17) is 0 Å². The van der Waals surface area contributed by atoms with Crippen molar-refractivity contribution in [1.82, 2.24) is 4.57 Å². The van der Waals surface area contributed by atoms with Crippen molar-refractivity contribution in [3.05, 3.63) is 48.1 Å². The summed E-state index contributed by atoms with van der Waals surface area (Å²) in [6.45, 7) is 0. The highest BCUT2D eigenvalue weighted by molar-refractivity contribution is 5.96. The molecule has 0 fully saturated rings. The van der Waals surface area contributed by atoms with E-state index in [1.807, 2.05) is 17.7 Å². The zero-order valence-corrected chi connectivity index (χ0v) is 9.97. The van der Waals surface area contributed by atoms with Crippen molar-refractivity contribution in [2.45, 2.75) is 12.5 Å². The van der Waals surface area contributed by atoms with Crippen LogP contribution in [0.5, 0.6) is 0 Å². The Morgan fingerprint density at radius 3 is 2.94 bits per heavy atom. The molecule has 0 saturated carbocycles. The molecule has 4 heteroatoms. The van der Waals surface area contributed by atoms with E-state index in [-0.39, 0.29) is 5.82 Å². The molecule has 18 heavy (non-hydrogen) atoms. The lowest BCUT2D eigenvalue weighted by Gasteiger charge is -2.14. The molecule has 1 aromatic heterocycles. The van der Waals surface area contributed by atoms with Crippen LogP contribution in [0.15, 0.2) is 41.7 Å². The SMILES string of the molecule is Cn1ccc2c(F)ccc(C(O)C3=NC=CC3)c21. The van der Waals surface area contributed by atoms with Crippen LogP contribution in [0.2, 0.25) is 0 Å². The van der Waals surface area contributed by atoms with Gasteiger partial charge in [0.1, 0.15) is 11.9 Å². The third kappa shape index (κ3) is 1.57. The van der Waals surface area contributed by atoms with Crippen molar-refractivity contribution < 1.29 is 9.50 Å². The van der Waals surface area contributed by atoms with Gasteiger partial charge in [0.15, 0.2) is 0 Å². The second-order valence-electron chi connectivity index (χ2n) is 4.44. The Morgan fingerprint density at radius 1 is 1.39 bits per heavy atom. The molecule has 3 nitrogen and oxygen atoms in total. The highest BCUT2D eigenvalue weighted by atomic mass is 19.1. The number of aliphatic hydroxyl groups excluding tert-OH is 1. The second-order valence-corrected chi connectivity index (χ2v) is 4.44. The fourth-order valence-electron chi connectivity index (χ4n) is 2.37. The maximum Gasteiger partial charge on any atom is 0.132 e. The molecule has 3 rings (SSSR count). The molecule has 0 saturated heterocycles. The number of benzene rings is 1. The summed E-state index contributed by atoms with van der Waals surface area (Å²) in [6.07, 6.45) is 5.23. The monoisotopic (exact) mass is 244 g/mol. The number of hydrogen-bond acceptors (Lipinski definition) is 2. The summed E-state index contributed by atoms with van der Waals surface area (Å²) in [7, 11) is 1.84. The predicted octanol–water partition coefficient (Wildman–Crippen LogP) is 2.71. The van der Waals surface area contributed by atoms with Gasteiger partial charge < -0.3 is 9.67 Å². The number of hydrogen-bond donors (Lipinski definition) is 1. The fourth-order valence-corrected chi connectivity index (χ4v) is 2.37. The number of nitrogens with zero attached hydrogens (tertiary/aromatic N) is 2. The third-order valence-electron chi connectivity index (χ3n) is 3.30. The van der Waals surface area contributed by atoms with Crippen molar-refractivity contribution in [2.24, 2.45) is 12.0 Å². The van der Waals surface area contributed by atoms with E-state index in [0.29, 0.717) is 23.1 Å². The molecular weight excluding hydrogens is 231 g/mol. The molecule has 1 atom stereocenters. The molecule has 1 N–H and O–H groups in total. The van der Waals surface area contributed by atoms with Crippen molar-refractivity contribution in [3.8, 4) is 0 Å². The number of fused-ring (bicyclic) bond motifs is 1. The lowest BCUT2D eigenvalue weighted by Crippen LogP contribution is -2.11. The maximum atomic E-state index is 13.7.